The minimum atomic E-state index is -4.33. The van der Waals surface area contributed by atoms with E-state index in [0.717, 1.165) is 25.3 Å². The molecule has 0 aliphatic rings. The second kappa shape index (κ2) is 7.79. The fraction of sp³-hybridized carbons (Fsp3) is 0.529. The van der Waals surface area contributed by atoms with Gasteiger partial charge in [-0.05, 0) is 32.0 Å². The van der Waals surface area contributed by atoms with E-state index in [1.165, 1.54) is 12.1 Å². The van der Waals surface area contributed by atoms with Gasteiger partial charge in [0.05, 0.1) is 11.6 Å². The highest BCUT2D eigenvalue weighted by atomic mass is 19.4. The number of aromatic nitrogens is 2. The third kappa shape index (κ3) is 4.80. The summed E-state index contributed by atoms with van der Waals surface area (Å²) in [6, 6.07) is 5.17. The lowest BCUT2D eigenvalue weighted by Crippen LogP contribution is -2.22. The van der Waals surface area contributed by atoms with Gasteiger partial charge in [0.2, 0.25) is 5.89 Å². The van der Waals surface area contributed by atoms with Gasteiger partial charge in [0.15, 0.2) is 5.82 Å². The lowest BCUT2D eigenvalue weighted by atomic mass is 10.1. The molecule has 0 amide bonds. The van der Waals surface area contributed by atoms with Gasteiger partial charge in [-0.15, -0.1) is 0 Å². The number of hydrogen-bond acceptors (Lipinski definition) is 4. The van der Waals surface area contributed by atoms with Gasteiger partial charge in [-0.1, -0.05) is 36.7 Å². The zero-order valence-electron chi connectivity index (χ0n) is 14.1. The third-order valence-electron chi connectivity index (χ3n) is 3.94. The first-order valence-corrected chi connectivity index (χ1v) is 8.00. The number of benzene rings is 1. The quantitative estimate of drug-likeness (QED) is 0.737. The van der Waals surface area contributed by atoms with Crippen molar-refractivity contribution in [3.63, 3.8) is 0 Å². The van der Waals surface area contributed by atoms with Crippen LogP contribution in [0.4, 0.5) is 13.2 Å². The van der Waals surface area contributed by atoms with Crippen LogP contribution in [0, 0.1) is 0 Å². The van der Waals surface area contributed by atoms with Crippen LogP contribution >= 0.6 is 0 Å². The second-order valence-electron chi connectivity index (χ2n) is 5.94. The number of rotatable bonds is 7. The second-order valence-corrected chi connectivity index (χ2v) is 5.94. The predicted molar refractivity (Wildman–Crippen MR) is 84.2 cm³/mol. The van der Waals surface area contributed by atoms with Crippen LogP contribution in [0.25, 0.3) is 0 Å². The first kappa shape index (κ1) is 18.4. The van der Waals surface area contributed by atoms with Crippen LogP contribution in [-0.2, 0) is 19.1 Å². The van der Waals surface area contributed by atoms with Crippen molar-refractivity contribution in [3.05, 3.63) is 47.1 Å². The van der Waals surface area contributed by atoms with E-state index >= 15 is 0 Å². The van der Waals surface area contributed by atoms with Crippen LogP contribution < -0.4 is 0 Å². The SMILES string of the molecule is CCCCc1noc(C(C)N(C)Cc2cccc(C(F)(F)F)c2)n1. The van der Waals surface area contributed by atoms with Crippen molar-refractivity contribution < 1.29 is 17.7 Å². The molecule has 1 aromatic heterocycles. The van der Waals surface area contributed by atoms with Crippen LogP contribution in [0.3, 0.4) is 0 Å². The largest absolute Gasteiger partial charge is 0.416 e. The summed E-state index contributed by atoms with van der Waals surface area (Å²) < 4.78 is 43.6. The average Bonchev–Trinajstić information content (AvgIpc) is 3.00. The van der Waals surface area contributed by atoms with Gasteiger partial charge < -0.3 is 4.52 Å². The number of aryl methyl sites for hydroxylation is 1. The maximum Gasteiger partial charge on any atom is 0.416 e. The topological polar surface area (TPSA) is 42.2 Å². The molecule has 1 heterocycles. The molecule has 2 rings (SSSR count). The zero-order valence-corrected chi connectivity index (χ0v) is 14.1. The first-order valence-electron chi connectivity index (χ1n) is 8.00. The molecule has 0 saturated heterocycles. The Labute approximate surface area is 139 Å². The molecule has 4 nitrogen and oxygen atoms in total. The fourth-order valence-corrected chi connectivity index (χ4v) is 2.33. The van der Waals surface area contributed by atoms with Crippen LogP contribution in [0.15, 0.2) is 28.8 Å². The van der Waals surface area contributed by atoms with E-state index in [-0.39, 0.29) is 6.04 Å². The maximum absolute atomic E-state index is 12.8. The Balaban J connectivity index is 2.03. The Hall–Kier alpha value is -1.89. The summed E-state index contributed by atoms with van der Waals surface area (Å²) in [6.07, 6.45) is -1.52. The molecule has 0 bridgehead atoms. The van der Waals surface area contributed by atoms with Crippen molar-refractivity contribution >= 4 is 0 Å². The Bertz CT molecular complexity index is 655. The fourth-order valence-electron chi connectivity index (χ4n) is 2.33. The van der Waals surface area contributed by atoms with Gasteiger partial charge in [0.25, 0.3) is 0 Å². The van der Waals surface area contributed by atoms with E-state index in [1.54, 1.807) is 6.07 Å². The monoisotopic (exact) mass is 341 g/mol. The molecule has 0 aliphatic heterocycles. The molecule has 7 heteroatoms. The smallest absolute Gasteiger partial charge is 0.338 e. The number of hydrogen-bond donors (Lipinski definition) is 0. The molecule has 2 aromatic rings. The van der Waals surface area contributed by atoms with Crippen molar-refractivity contribution in [3.8, 4) is 0 Å². The highest BCUT2D eigenvalue weighted by Crippen LogP contribution is 2.30. The normalized spacial score (nSPS) is 13.5. The summed E-state index contributed by atoms with van der Waals surface area (Å²) in [5.74, 6) is 1.15. The highest BCUT2D eigenvalue weighted by molar-refractivity contribution is 5.25. The predicted octanol–water partition coefficient (Wildman–Crippen LogP) is 4.62. The summed E-state index contributed by atoms with van der Waals surface area (Å²) in [7, 11) is 1.82. The molecular formula is C17H22F3N3O. The van der Waals surface area contributed by atoms with Gasteiger partial charge >= 0.3 is 6.18 Å². The summed E-state index contributed by atoms with van der Waals surface area (Å²) in [5.41, 5.74) is -0.0504. The molecule has 0 aliphatic carbocycles. The number of halogens is 3. The molecule has 0 fully saturated rings. The average molecular weight is 341 g/mol. The highest BCUT2D eigenvalue weighted by Gasteiger charge is 2.30. The van der Waals surface area contributed by atoms with Gasteiger partial charge in [-0.2, -0.15) is 18.2 Å². The van der Waals surface area contributed by atoms with Gasteiger partial charge in [0, 0.05) is 13.0 Å². The summed E-state index contributed by atoms with van der Waals surface area (Å²) in [6.45, 7) is 4.34. The van der Waals surface area contributed by atoms with Gasteiger partial charge in [0.1, 0.15) is 0 Å². The van der Waals surface area contributed by atoms with Crippen LogP contribution in [0.5, 0.6) is 0 Å². The molecular weight excluding hydrogens is 319 g/mol. The number of nitrogens with zero attached hydrogens (tertiary/aromatic N) is 3. The van der Waals surface area contributed by atoms with E-state index in [9.17, 15) is 13.2 Å². The molecule has 0 spiro atoms. The maximum atomic E-state index is 12.8. The van der Waals surface area contributed by atoms with Crippen molar-refractivity contribution in [2.45, 2.75) is 51.9 Å². The van der Waals surface area contributed by atoms with E-state index in [2.05, 4.69) is 17.1 Å². The van der Waals surface area contributed by atoms with Crippen LogP contribution in [0.2, 0.25) is 0 Å². The van der Waals surface area contributed by atoms with Gasteiger partial charge in [-0.25, -0.2) is 0 Å². The summed E-state index contributed by atoms with van der Waals surface area (Å²) in [4.78, 5) is 6.25. The van der Waals surface area contributed by atoms with E-state index < -0.39 is 11.7 Å². The van der Waals surface area contributed by atoms with Crippen molar-refractivity contribution in [2.75, 3.05) is 7.05 Å². The number of unbranched alkanes of at least 4 members (excludes halogenated alkanes) is 1. The molecule has 1 aromatic carbocycles. The first-order chi connectivity index (χ1) is 11.3. The molecule has 0 saturated carbocycles. The minimum absolute atomic E-state index is 0.178. The standard InChI is InChI=1S/C17H22F3N3O/c1-4-5-9-15-21-16(24-22-15)12(2)23(3)11-13-7-6-8-14(10-13)17(18,19)20/h6-8,10,12H,4-5,9,11H2,1-3H3. The Morgan fingerprint density at radius 2 is 2.04 bits per heavy atom. The summed E-state index contributed by atoms with van der Waals surface area (Å²) >= 11 is 0. The number of alkyl halides is 3. The molecule has 132 valence electrons. The van der Waals surface area contributed by atoms with Crippen molar-refractivity contribution in [1.82, 2.24) is 15.0 Å². The van der Waals surface area contributed by atoms with Crippen molar-refractivity contribution in [2.24, 2.45) is 0 Å². The van der Waals surface area contributed by atoms with E-state index in [1.807, 2.05) is 18.9 Å². The molecule has 0 N–H and O–H groups in total. The Kier molecular flexibility index (Phi) is 5.99. The molecule has 1 atom stereocenters. The Morgan fingerprint density at radius 3 is 2.71 bits per heavy atom. The summed E-state index contributed by atoms with van der Waals surface area (Å²) in [5, 5.41) is 3.95. The zero-order chi connectivity index (χ0) is 17.7. The lowest BCUT2D eigenvalue weighted by molar-refractivity contribution is -0.137. The van der Waals surface area contributed by atoms with Crippen LogP contribution in [0.1, 0.15) is 55.6 Å². The third-order valence-corrected chi connectivity index (χ3v) is 3.94. The Morgan fingerprint density at radius 1 is 1.29 bits per heavy atom. The lowest BCUT2D eigenvalue weighted by Gasteiger charge is -2.22. The van der Waals surface area contributed by atoms with Gasteiger partial charge in [-0.3, -0.25) is 4.90 Å². The van der Waals surface area contributed by atoms with E-state index in [0.29, 0.717) is 23.8 Å². The van der Waals surface area contributed by atoms with Crippen LogP contribution in [-0.4, -0.2) is 22.1 Å². The van der Waals surface area contributed by atoms with E-state index in [4.69, 9.17) is 4.52 Å². The minimum Gasteiger partial charge on any atom is -0.338 e. The molecule has 0 radical (unpaired) electrons. The molecule has 1 unspecified atom stereocenters. The van der Waals surface area contributed by atoms with Crippen molar-refractivity contribution in [1.29, 1.82) is 0 Å². The molecule has 24 heavy (non-hydrogen) atoms.